The minimum atomic E-state index is -0.509. The van der Waals surface area contributed by atoms with Crippen LogP contribution < -0.4 is 4.74 Å². The number of hydrogen-bond acceptors (Lipinski definition) is 3. The summed E-state index contributed by atoms with van der Waals surface area (Å²) in [6.07, 6.45) is 1.41. The number of piperazine rings is 1. The summed E-state index contributed by atoms with van der Waals surface area (Å²) in [5, 5.41) is 1.12. The van der Waals surface area contributed by atoms with Crippen molar-refractivity contribution >= 4 is 22.7 Å². The molecule has 6 heteroatoms. The molecule has 3 heterocycles. The summed E-state index contributed by atoms with van der Waals surface area (Å²) in [5.41, 5.74) is 4.04. The van der Waals surface area contributed by atoms with E-state index in [9.17, 15) is 9.59 Å². The van der Waals surface area contributed by atoms with Crippen molar-refractivity contribution in [2.24, 2.45) is 5.92 Å². The summed E-state index contributed by atoms with van der Waals surface area (Å²) >= 11 is 0. The standard InChI is InChI=1S/C27H31N3O3/c1-4-33-23-12-8-6-10-19(23)26-25-20(18-9-5-7-11-21(18)28-25)15-22-27(32)29(14-13-17(2)3)16-24(31)30(22)26/h5-12,17,22,26,28H,4,13-16H2,1-3H3/t22-,26+/m0/s1. The number of ether oxygens (including phenoxy) is 1. The lowest BCUT2D eigenvalue weighted by Gasteiger charge is -2.47. The third-order valence-corrected chi connectivity index (χ3v) is 6.83. The number of carbonyl (C=O) groups excluding carboxylic acids is 2. The Morgan fingerprint density at radius 2 is 1.85 bits per heavy atom. The van der Waals surface area contributed by atoms with Gasteiger partial charge >= 0.3 is 0 Å². The van der Waals surface area contributed by atoms with E-state index in [1.807, 2.05) is 48.2 Å². The molecule has 5 rings (SSSR count). The molecule has 172 valence electrons. The van der Waals surface area contributed by atoms with Gasteiger partial charge in [-0.1, -0.05) is 50.2 Å². The molecule has 0 radical (unpaired) electrons. The number of amides is 2. The van der Waals surface area contributed by atoms with Gasteiger partial charge in [-0.3, -0.25) is 9.59 Å². The average molecular weight is 446 g/mol. The molecule has 0 aliphatic carbocycles. The molecule has 1 saturated heterocycles. The highest BCUT2D eigenvalue weighted by Gasteiger charge is 2.48. The van der Waals surface area contributed by atoms with E-state index in [2.05, 4.69) is 31.0 Å². The van der Waals surface area contributed by atoms with Crippen molar-refractivity contribution in [1.82, 2.24) is 14.8 Å². The van der Waals surface area contributed by atoms with Gasteiger partial charge in [0.25, 0.3) is 0 Å². The number of rotatable bonds is 6. The van der Waals surface area contributed by atoms with Crippen molar-refractivity contribution in [3.05, 3.63) is 65.4 Å². The highest BCUT2D eigenvalue weighted by molar-refractivity contribution is 5.97. The van der Waals surface area contributed by atoms with E-state index in [0.717, 1.165) is 39.9 Å². The fourth-order valence-electron chi connectivity index (χ4n) is 5.24. The van der Waals surface area contributed by atoms with Crippen LogP contribution >= 0.6 is 0 Å². The molecule has 1 fully saturated rings. The zero-order valence-corrected chi connectivity index (χ0v) is 19.5. The molecule has 2 aliphatic heterocycles. The second kappa shape index (κ2) is 8.58. The van der Waals surface area contributed by atoms with Crippen LogP contribution in [0, 0.1) is 5.92 Å². The third-order valence-electron chi connectivity index (χ3n) is 6.83. The molecule has 2 atom stereocenters. The van der Waals surface area contributed by atoms with E-state index in [1.165, 1.54) is 0 Å². The van der Waals surface area contributed by atoms with Gasteiger partial charge in [0.05, 0.1) is 13.2 Å². The summed E-state index contributed by atoms with van der Waals surface area (Å²) in [6, 6.07) is 15.1. The maximum Gasteiger partial charge on any atom is 0.246 e. The van der Waals surface area contributed by atoms with Crippen molar-refractivity contribution in [1.29, 1.82) is 0 Å². The van der Waals surface area contributed by atoms with Gasteiger partial charge in [-0.2, -0.15) is 0 Å². The summed E-state index contributed by atoms with van der Waals surface area (Å²) < 4.78 is 5.96. The SMILES string of the molecule is CCOc1ccccc1[C@@H]1c2[nH]c3ccccc3c2C[C@H]2C(=O)N(CCC(C)C)CC(=O)N12. The maximum atomic E-state index is 13.7. The van der Waals surface area contributed by atoms with Gasteiger partial charge in [0, 0.05) is 35.1 Å². The molecule has 2 aromatic carbocycles. The summed E-state index contributed by atoms with van der Waals surface area (Å²) in [7, 11) is 0. The van der Waals surface area contributed by atoms with Crippen LogP contribution in [0.5, 0.6) is 5.75 Å². The summed E-state index contributed by atoms with van der Waals surface area (Å²) in [4.78, 5) is 34.4. The van der Waals surface area contributed by atoms with Crippen LogP contribution in [0.15, 0.2) is 48.5 Å². The van der Waals surface area contributed by atoms with Crippen molar-refractivity contribution in [3.8, 4) is 5.75 Å². The molecule has 0 unspecified atom stereocenters. The van der Waals surface area contributed by atoms with Crippen LogP contribution in [0.1, 0.15) is 50.1 Å². The van der Waals surface area contributed by atoms with Crippen LogP contribution in [0.25, 0.3) is 10.9 Å². The fraction of sp³-hybridized carbons (Fsp3) is 0.407. The zero-order valence-electron chi connectivity index (χ0n) is 19.5. The first-order valence-corrected chi connectivity index (χ1v) is 11.9. The van der Waals surface area contributed by atoms with Crippen molar-refractivity contribution < 1.29 is 14.3 Å². The molecule has 3 aromatic rings. The number of benzene rings is 2. The van der Waals surface area contributed by atoms with Gasteiger partial charge < -0.3 is 19.5 Å². The highest BCUT2D eigenvalue weighted by Crippen LogP contribution is 2.44. The van der Waals surface area contributed by atoms with E-state index in [1.54, 1.807) is 4.90 Å². The Morgan fingerprint density at radius 3 is 2.64 bits per heavy atom. The summed E-state index contributed by atoms with van der Waals surface area (Å²) in [5.74, 6) is 1.26. The number of nitrogens with one attached hydrogen (secondary N) is 1. The number of H-pyrrole nitrogens is 1. The van der Waals surface area contributed by atoms with Crippen molar-refractivity contribution in [2.75, 3.05) is 19.7 Å². The molecule has 2 amide bonds. The number of nitrogens with zero attached hydrogens (tertiary/aromatic N) is 2. The molecule has 33 heavy (non-hydrogen) atoms. The lowest BCUT2D eigenvalue weighted by molar-refractivity contribution is -0.158. The first kappa shape index (κ1) is 21.6. The molecule has 2 aliphatic rings. The molecule has 0 saturated carbocycles. The van der Waals surface area contributed by atoms with Crippen LogP contribution in [0.2, 0.25) is 0 Å². The fourth-order valence-corrected chi connectivity index (χ4v) is 5.24. The Balaban J connectivity index is 1.65. The van der Waals surface area contributed by atoms with Gasteiger partial charge in [-0.25, -0.2) is 0 Å². The molecule has 0 bridgehead atoms. The van der Waals surface area contributed by atoms with Gasteiger partial charge in [-0.05, 0) is 37.0 Å². The predicted octanol–water partition coefficient (Wildman–Crippen LogP) is 4.30. The average Bonchev–Trinajstić information content (AvgIpc) is 3.18. The van der Waals surface area contributed by atoms with E-state index < -0.39 is 12.1 Å². The lowest BCUT2D eigenvalue weighted by Crippen LogP contribution is -2.63. The lowest BCUT2D eigenvalue weighted by atomic mass is 9.85. The number of aromatic nitrogens is 1. The zero-order chi connectivity index (χ0) is 23.1. The number of aromatic amines is 1. The molecule has 0 spiro atoms. The second-order valence-corrected chi connectivity index (χ2v) is 9.40. The number of para-hydroxylation sites is 2. The van der Waals surface area contributed by atoms with Gasteiger partial charge in [-0.15, -0.1) is 0 Å². The number of hydrogen-bond donors (Lipinski definition) is 1. The monoisotopic (exact) mass is 445 g/mol. The van der Waals surface area contributed by atoms with E-state index in [0.29, 0.717) is 25.5 Å². The highest BCUT2D eigenvalue weighted by atomic mass is 16.5. The quantitative estimate of drug-likeness (QED) is 0.615. The number of fused-ring (bicyclic) bond motifs is 4. The Morgan fingerprint density at radius 1 is 1.09 bits per heavy atom. The van der Waals surface area contributed by atoms with Crippen LogP contribution in [0.3, 0.4) is 0 Å². The van der Waals surface area contributed by atoms with Crippen LogP contribution in [-0.4, -0.2) is 52.3 Å². The van der Waals surface area contributed by atoms with Crippen molar-refractivity contribution in [2.45, 2.75) is 45.7 Å². The Labute approximate surface area is 194 Å². The van der Waals surface area contributed by atoms with E-state index >= 15 is 0 Å². The second-order valence-electron chi connectivity index (χ2n) is 9.40. The van der Waals surface area contributed by atoms with Gasteiger partial charge in [0.15, 0.2) is 0 Å². The Bertz CT molecular complexity index is 1200. The first-order chi connectivity index (χ1) is 16.0. The Hall–Kier alpha value is -3.28. The minimum absolute atomic E-state index is 0.0102. The largest absolute Gasteiger partial charge is 0.494 e. The molecule has 1 aromatic heterocycles. The number of carbonyl (C=O) groups is 2. The Kier molecular flexibility index (Phi) is 5.60. The van der Waals surface area contributed by atoms with Crippen LogP contribution in [-0.2, 0) is 16.0 Å². The summed E-state index contributed by atoms with van der Waals surface area (Å²) in [6.45, 7) is 7.52. The van der Waals surface area contributed by atoms with Crippen molar-refractivity contribution in [3.63, 3.8) is 0 Å². The van der Waals surface area contributed by atoms with Gasteiger partial charge in [0.2, 0.25) is 11.8 Å². The van der Waals surface area contributed by atoms with Crippen LogP contribution in [0.4, 0.5) is 0 Å². The normalized spacial score (nSPS) is 20.4. The molecular formula is C27H31N3O3. The van der Waals surface area contributed by atoms with Gasteiger partial charge in [0.1, 0.15) is 17.8 Å². The third kappa shape index (κ3) is 3.67. The smallest absolute Gasteiger partial charge is 0.246 e. The molecule has 6 nitrogen and oxygen atoms in total. The predicted molar refractivity (Wildman–Crippen MR) is 128 cm³/mol. The van der Waals surface area contributed by atoms with E-state index in [4.69, 9.17) is 4.74 Å². The minimum Gasteiger partial charge on any atom is -0.494 e. The van der Waals surface area contributed by atoms with E-state index in [-0.39, 0.29) is 18.4 Å². The molecule has 1 N–H and O–H groups in total. The topological polar surface area (TPSA) is 65.6 Å². The maximum absolute atomic E-state index is 13.7. The first-order valence-electron chi connectivity index (χ1n) is 11.9. The molecular weight excluding hydrogens is 414 g/mol.